The van der Waals surface area contributed by atoms with E-state index in [0.29, 0.717) is 5.65 Å². The number of aryl methyl sites for hydroxylation is 1. The van der Waals surface area contributed by atoms with Gasteiger partial charge >= 0.3 is 6.18 Å². The second kappa shape index (κ2) is 9.30. The molecule has 1 aliphatic rings. The normalized spacial score (nSPS) is 18.2. The minimum atomic E-state index is -5.33. The third kappa shape index (κ3) is 4.41. The average Bonchev–Trinajstić information content (AvgIpc) is 3.48. The maximum absolute atomic E-state index is 14.5. The molecule has 2 amide bonds. The van der Waals surface area contributed by atoms with Crippen molar-refractivity contribution >= 4 is 17.5 Å². The van der Waals surface area contributed by atoms with E-state index in [0.717, 1.165) is 23.8 Å². The molecule has 4 heterocycles. The van der Waals surface area contributed by atoms with E-state index in [4.69, 9.17) is 10.5 Å². The van der Waals surface area contributed by atoms with Crippen LogP contribution in [0.1, 0.15) is 34.2 Å². The van der Waals surface area contributed by atoms with Crippen molar-refractivity contribution in [3.05, 3.63) is 83.2 Å². The summed E-state index contributed by atoms with van der Waals surface area (Å²) in [5, 5.41) is 13.2. The number of nitrogens with two attached hydrogens (primary N) is 1. The molecule has 0 radical (unpaired) electrons. The van der Waals surface area contributed by atoms with Gasteiger partial charge in [0.15, 0.2) is 0 Å². The van der Waals surface area contributed by atoms with Crippen LogP contribution < -0.4 is 15.8 Å². The molecule has 40 heavy (non-hydrogen) atoms. The van der Waals surface area contributed by atoms with Crippen molar-refractivity contribution in [3.63, 3.8) is 0 Å². The number of carbonyl (C=O) groups is 2. The van der Waals surface area contributed by atoms with Crippen LogP contribution in [0.25, 0.3) is 16.9 Å². The number of rotatable bonds is 6. The number of hydrogen-bond acceptors (Lipinski definition) is 6. The second-order valence-electron chi connectivity index (χ2n) is 9.86. The van der Waals surface area contributed by atoms with Gasteiger partial charge in [-0.1, -0.05) is 0 Å². The molecular weight excluding hydrogens is 534 g/mol. The van der Waals surface area contributed by atoms with Gasteiger partial charge in [-0.15, -0.1) is 0 Å². The van der Waals surface area contributed by atoms with E-state index in [1.54, 1.807) is 18.3 Å². The smallest absolute Gasteiger partial charge is 0.424 e. The summed E-state index contributed by atoms with van der Waals surface area (Å²) in [7, 11) is 0. The van der Waals surface area contributed by atoms with Gasteiger partial charge in [0.2, 0.25) is 11.5 Å². The molecule has 4 N–H and O–H groups in total. The standard InChI is InChI=1S/C27H23F4N5O4/c1-14-7-8-36-11-18(34-20(36)9-14)23(37)33-12-26(39,27(29,30)31)19-10-17-22(40-13-25(17,2)24(32)38)21(35-19)15-3-5-16(28)6-4-15/h3-11,39H,12-13H2,1-2H3,(H2,32,38)(H,33,37)/t25-,26?/m0/s1. The molecule has 4 aromatic rings. The number of pyridine rings is 2. The quantitative estimate of drug-likeness (QED) is 0.312. The number of hydrogen-bond donors (Lipinski definition) is 3. The molecule has 0 fully saturated rings. The number of fused-ring (bicyclic) bond motifs is 2. The largest absolute Gasteiger partial charge is 0.489 e. The van der Waals surface area contributed by atoms with E-state index in [1.807, 2.05) is 6.92 Å². The highest BCUT2D eigenvalue weighted by Gasteiger charge is 2.57. The number of aromatic nitrogens is 3. The van der Waals surface area contributed by atoms with E-state index >= 15 is 0 Å². The summed E-state index contributed by atoms with van der Waals surface area (Å²) in [6.45, 7) is 1.59. The summed E-state index contributed by atoms with van der Waals surface area (Å²) in [5.74, 6) is -2.46. The van der Waals surface area contributed by atoms with Gasteiger partial charge in [-0.2, -0.15) is 13.2 Å². The number of carbonyl (C=O) groups excluding carboxylic acids is 2. The van der Waals surface area contributed by atoms with Gasteiger partial charge in [0.05, 0.1) is 12.2 Å². The highest BCUT2D eigenvalue weighted by atomic mass is 19.4. The maximum Gasteiger partial charge on any atom is 0.424 e. The molecule has 2 atom stereocenters. The lowest BCUT2D eigenvalue weighted by molar-refractivity contribution is -0.265. The number of benzene rings is 1. The van der Waals surface area contributed by atoms with Crippen molar-refractivity contribution in [3.8, 4) is 17.0 Å². The van der Waals surface area contributed by atoms with E-state index in [1.165, 1.54) is 29.7 Å². The van der Waals surface area contributed by atoms with Crippen LogP contribution in [0, 0.1) is 12.7 Å². The number of alkyl halides is 3. The Morgan fingerprint density at radius 2 is 1.88 bits per heavy atom. The van der Waals surface area contributed by atoms with Crippen LogP contribution >= 0.6 is 0 Å². The van der Waals surface area contributed by atoms with Gasteiger partial charge in [0, 0.05) is 23.5 Å². The molecule has 0 bridgehead atoms. The van der Waals surface area contributed by atoms with Crippen molar-refractivity contribution in [2.45, 2.75) is 31.0 Å². The predicted octanol–water partition coefficient (Wildman–Crippen LogP) is 3.16. The highest BCUT2D eigenvalue weighted by Crippen LogP contribution is 2.47. The Hall–Kier alpha value is -4.52. The minimum absolute atomic E-state index is 0.0230. The average molecular weight is 558 g/mol. The van der Waals surface area contributed by atoms with E-state index < -0.39 is 47.1 Å². The zero-order valence-electron chi connectivity index (χ0n) is 21.2. The van der Waals surface area contributed by atoms with Gasteiger partial charge < -0.3 is 25.3 Å². The maximum atomic E-state index is 14.5. The molecule has 5 rings (SSSR count). The molecule has 208 valence electrons. The summed E-state index contributed by atoms with van der Waals surface area (Å²) < 4.78 is 64.3. The zero-order chi connectivity index (χ0) is 29.0. The van der Waals surface area contributed by atoms with Crippen molar-refractivity contribution in [2.24, 2.45) is 5.73 Å². The Morgan fingerprint density at radius 3 is 2.52 bits per heavy atom. The summed E-state index contributed by atoms with van der Waals surface area (Å²) in [6, 6.07) is 9.03. The number of nitrogens with zero attached hydrogens (tertiary/aromatic N) is 3. The van der Waals surface area contributed by atoms with Crippen LogP contribution in [0.5, 0.6) is 5.75 Å². The molecule has 1 aromatic carbocycles. The molecule has 0 aliphatic carbocycles. The van der Waals surface area contributed by atoms with Gasteiger partial charge in [0.1, 0.15) is 40.6 Å². The van der Waals surface area contributed by atoms with Crippen molar-refractivity contribution < 1.29 is 37.0 Å². The SMILES string of the molecule is Cc1ccn2cc(C(=O)NCC(O)(c3cc4c(c(-c5ccc(F)cc5)n3)OC[C@]4(C)C(N)=O)C(F)(F)F)nc2c1. The third-order valence-corrected chi connectivity index (χ3v) is 6.98. The first kappa shape index (κ1) is 27.1. The Bertz CT molecular complexity index is 1650. The third-order valence-electron chi connectivity index (χ3n) is 6.98. The lowest BCUT2D eigenvalue weighted by atomic mass is 9.81. The van der Waals surface area contributed by atoms with Crippen molar-refractivity contribution in [1.82, 2.24) is 19.7 Å². The number of primary amides is 1. The number of amides is 2. The first-order valence-corrected chi connectivity index (χ1v) is 12.0. The topological polar surface area (TPSA) is 132 Å². The van der Waals surface area contributed by atoms with E-state index in [9.17, 15) is 32.3 Å². The van der Waals surface area contributed by atoms with Gasteiger partial charge in [-0.25, -0.2) is 14.4 Å². The number of halogens is 4. The summed E-state index contributed by atoms with van der Waals surface area (Å²) in [4.78, 5) is 33.3. The molecule has 1 aliphatic heterocycles. The second-order valence-corrected chi connectivity index (χ2v) is 9.86. The van der Waals surface area contributed by atoms with Crippen LogP contribution in [-0.4, -0.2) is 50.6 Å². The molecule has 0 spiro atoms. The number of aliphatic hydroxyl groups is 1. The Balaban J connectivity index is 1.58. The van der Waals surface area contributed by atoms with Gasteiger partial charge in [-0.3, -0.25) is 9.59 Å². The Morgan fingerprint density at radius 1 is 1.18 bits per heavy atom. The molecule has 0 saturated heterocycles. The van der Waals surface area contributed by atoms with Crippen LogP contribution in [0.15, 0.2) is 54.9 Å². The van der Waals surface area contributed by atoms with Gasteiger partial charge in [-0.05, 0) is 61.9 Å². The van der Waals surface area contributed by atoms with Crippen LogP contribution in [0.4, 0.5) is 17.6 Å². The molecule has 3 aromatic heterocycles. The fourth-order valence-corrected chi connectivity index (χ4v) is 4.43. The van der Waals surface area contributed by atoms with Crippen LogP contribution in [-0.2, 0) is 15.8 Å². The van der Waals surface area contributed by atoms with Crippen molar-refractivity contribution in [1.29, 1.82) is 0 Å². The fraction of sp³-hybridized carbons (Fsp3) is 0.259. The van der Waals surface area contributed by atoms with Crippen LogP contribution in [0.3, 0.4) is 0 Å². The molecule has 9 nitrogen and oxygen atoms in total. The van der Waals surface area contributed by atoms with E-state index in [-0.39, 0.29) is 34.9 Å². The molecular formula is C27H23F4N5O4. The lowest BCUT2D eigenvalue weighted by Crippen LogP contribution is -2.52. The number of ether oxygens (including phenoxy) is 1. The molecule has 0 saturated carbocycles. The lowest BCUT2D eigenvalue weighted by Gasteiger charge is -2.31. The number of nitrogens with one attached hydrogen (secondary N) is 1. The fourth-order valence-electron chi connectivity index (χ4n) is 4.43. The first-order chi connectivity index (χ1) is 18.7. The summed E-state index contributed by atoms with van der Waals surface area (Å²) in [6.07, 6.45) is -2.35. The minimum Gasteiger partial charge on any atom is -0.489 e. The molecule has 1 unspecified atom stereocenters. The Kier molecular flexibility index (Phi) is 6.29. The van der Waals surface area contributed by atoms with E-state index in [2.05, 4.69) is 15.3 Å². The predicted molar refractivity (Wildman–Crippen MR) is 134 cm³/mol. The summed E-state index contributed by atoms with van der Waals surface area (Å²) in [5.41, 5.74) is 0.471. The monoisotopic (exact) mass is 557 g/mol. The van der Waals surface area contributed by atoms with Crippen molar-refractivity contribution in [2.75, 3.05) is 13.2 Å². The zero-order valence-corrected chi connectivity index (χ0v) is 21.2. The molecule has 13 heteroatoms. The summed E-state index contributed by atoms with van der Waals surface area (Å²) >= 11 is 0. The Labute approximate surface area is 224 Å². The number of imidazole rings is 1. The van der Waals surface area contributed by atoms with Gasteiger partial charge in [0.25, 0.3) is 5.91 Å². The first-order valence-electron chi connectivity index (χ1n) is 12.0. The van der Waals surface area contributed by atoms with Crippen LogP contribution in [0.2, 0.25) is 0 Å². The highest BCUT2D eigenvalue weighted by molar-refractivity contribution is 5.93.